The van der Waals surface area contributed by atoms with Crippen LogP contribution in [0.25, 0.3) is 21.5 Å². The Bertz CT molecular complexity index is 1230. The average Bonchev–Trinajstić information content (AvgIpc) is 3.13. The summed E-state index contributed by atoms with van der Waals surface area (Å²) in [6.07, 6.45) is 3.61. The molecule has 1 aromatic carbocycles. The summed E-state index contributed by atoms with van der Waals surface area (Å²) in [6.45, 7) is 0. The summed E-state index contributed by atoms with van der Waals surface area (Å²) >= 11 is 2.73. The lowest BCUT2D eigenvalue weighted by molar-refractivity contribution is -0.142. The highest BCUT2D eigenvalue weighted by Crippen LogP contribution is 2.20. The minimum atomic E-state index is -1.38. The molecule has 0 radical (unpaired) electrons. The molecular formula is C20H20N2O8S2. The van der Waals surface area contributed by atoms with E-state index in [9.17, 15) is 39.0 Å². The molecule has 12 heteroatoms. The normalized spacial score (nSPS) is 13.6. The number of rotatable bonds is 10. The minimum Gasteiger partial charge on any atom is -0.480 e. The zero-order chi connectivity index (χ0) is 23.7. The maximum Gasteiger partial charge on any atom is 0.326 e. The second-order valence-corrected chi connectivity index (χ2v) is 9.15. The Hall–Kier alpha value is -2.86. The van der Waals surface area contributed by atoms with E-state index in [1.807, 2.05) is 0 Å². The largest absolute Gasteiger partial charge is 0.480 e. The summed E-state index contributed by atoms with van der Waals surface area (Å²) in [4.78, 5) is 75.0. The van der Waals surface area contributed by atoms with E-state index < -0.39 is 46.3 Å². The van der Waals surface area contributed by atoms with Crippen LogP contribution in [0.1, 0.15) is 24.9 Å². The lowest BCUT2D eigenvalue weighted by Gasteiger charge is -2.11. The summed E-state index contributed by atoms with van der Waals surface area (Å²) < 4.78 is 1.28. The number of aliphatic carboxylic acids is 2. The maximum atomic E-state index is 12.9. The molecular weight excluding hydrogens is 460 g/mol. The van der Waals surface area contributed by atoms with Gasteiger partial charge in [0.25, 0.3) is 22.2 Å². The Labute approximate surface area is 188 Å². The van der Waals surface area contributed by atoms with Crippen LogP contribution in [0.2, 0.25) is 0 Å². The number of nitrogens with zero attached hydrogens (tertiary/aromatic N) is 2. The lowest BCUT2D eigenvalue weighted by atomic mass is 10.1. The topological polar surface area (TPSA) is 153 Å². The first-order valence-electron chi connectivity index (χ1n) is 9.53. The molecule has 0 saturated heterocycles. The molecule has 0 aliphatic carbocycles. The van der Waals surface area contributed by atoms with Crippen LogP contribution in [-0.2, 0) is 9.59 Å². The van der Waals surface area contributed by atoms with Gasteiger partial charge in [0.15, 0.2) is 0 Å². The number of carboxylic acids is 2. The van der Waals surface area contributed by atoms with Crippen molar-refractivity contribution >= 4 is 57.0 Å². The Morgan fingerprint density at radius 1 is 0.719 bits per heavy atom. The second kappa shape index (κ2) is 9.33. The van der Waals surface area contributed by atoms with Crippen molar-refractivity contribution in [3.63, 3.8) is 0 Å². The average molecular weight is 481 g/mol. The fraction of sp³-hybridized carbons (Fsp3) is 0.400. The third-order valence-corrected chi connectivity index (χ3v) is 6.63. The van der Waals surface area contributed by atoms with Gasteiger partial charge in [-0.15, -0.1) is 0 Å². The zero-order valence-corrected chi connectivity index (χ0v) is 18.8. The molecule has 0 fully saturated rings. The molecule has 32 heavy (non-hydrogen) atoms. The quantitative estimate of drug-likeness (QED) is 0.423. The standard InChI is InChI=1S/C20H20N2O8S2/c1-31-5-3-13(19(27)28)21-15(23)9-7-11-12(8-10(9)16(21)24)18(26)22(17(11)25)14(20(29)30)4-6-32-2/h7-8,13-14H,3-6H2,1-2H3,(H,27,28)(H,29,30). The third kappa shape index (κ3) is 3.88. The molecule has 0 aliphatic rings. The molecule has 3 aromatic rings. The smallest absolute Gasteiger partial charge is 0.326 e. The maximum absolute atomic E-state index is 12.9. The summed E-state index contributed by atoms with van der Waals surface area (Å²) in [5.41, 5.74) is -3.45. The molecule has 2 N–H and O–H groups in total. The fourth-order valence-corrected chi connectivity index (χ4v) is 4.68. The van der Waals surface area contributed by atoms with Crippen LogP contribution >= 0.6 is 23.5 Å². The highest BCUT2D eigenvalue weighted by Gasteiger charge is 2.29. The van der Waals surface area contributed by atoms with E-state index in [1.54, 1.807) is 12.5 Å². The van der Waals surface area contributed by atoms with E-state index >= 15 is 0 Å². The van der Waals surface area contributed by atoms with Crippen molar-refractivity contribution < 1.29 is 19.8 Å². The zero-order valence-electron chi connectivity index (χ0n) is 17.2. The van der Waals surface area contributed by atoms with Gasteiger partial charge in [-0.25, -0.2) is 9.59 Å². The molecule has 2 atom stereocenters. The molecule has 0 aliphatic heterocycles. The highest BCUT2D eigenvalue weighted by molar-refractivity contribution is 7.98. The number of hydrogen-bond acceptors (Lipinski definition) is 8. The van der Waals surface area contributed by atoms with Crippen LogP contribution < -0.4 is 22.2 Å². The third-order valence-electron chi connectivity index (χ3n) is 5.34. The molecule has 10 nitrogen and oxygen atoms in total. The Balaban J connectivity index is 2.30. The van der Waals surface area contributed by atoms with Crippen molar-refractivity contribution in [2.45, 2.75) is 24.9 Å². The number of hydrogen-bond donors (Lipinski definition) is 2. The van der Waals surface area contributed by atoms with E-state index in [2.05, 4.69) is 0 Å². The first-order valence-corrected chi connectivity index (χ1v) is 12.3. The predicted molar refractivity (Wildman–Crippen MR) is 124 cm³/mol. The van der Waals surface area contributed by atoms with Crippen molar-refractivity contribution in [1.82, 2.24) is 9.13 Å². The van der Waals surface area contributed by atoms with E-state index in [0.717, 1.165) is 12.1 Å². The minimum absolute atomic E-state index is 0.0447. The van der Waals surface area contributed by atoms with Crippen LogP contribution in [0.3, 0.4) is 0 Å². The monoisotopic (exact) mass is 480 g/mol. The predicted octanol–water partition coefficient (Wildman–Crippen LogP) is 0.670. The van der Waals surface area contributed by atoms with Gasteiger partial charge in [-0.2, -0.15) is 23.5 Å². The molecule has 0 bridgehead atoms. The van der Waals surface area contributed by atoms with Crippen LogP contribution in [0.4, 0.5) is 0 Å². The fourth-order valence-electron chi connectivity index (χ4n) is 3.76. The van der Waals surface area contributed by atoms with Gasteiger partial charge in [0.05, 0.1) is 21.5 Å². The van der Waals surface area contributed by atoms with Gasteiger partial charge >= 0.3 is 11.9 Å². The number of carbonyl (C=O) groups is 2. The van der Waals surface area contributed by atoms with Crippen LogP contribution in [0, 0.1) is 0 Å². The molecule has 0 saturated carbocycles. The number of fused-ring (bicyclic) bond motifs is 2. The van der Waals surface area contributed by atoms with Crippen LogP contribution in [0.5, 0.6) is 0 Å². The summed E-state index contributed by atoms with van der Waals surface area (Å²) in [5, 5.41) is 18.3. The molecule has 2 unspecified atom stereocenters. The van der Waals surface area contributed by atoms with E-state index in [4.69, 9.17) is 0 Å². The highest BCUT2D eigenvalue weighted by atomic mass is 32.2. The first kappa shape index (κ1) is 23.8. The van der Waals surface area contributed by atoms with Crippen molar-refractivity contribution in [3.8, 4) is 0 Å². The molecule has 0 spiro atoms. The molecule has 170 valence electrons. The van der Waals surface area contributed by atoms with Gasteiger partial charge in [0, 0.05) is 0 Å². The molecule has 3 rings (SSSR count). The van der Waals surface area contributed by atoms with E-state index in [-0.39, 0.29) is 34.4 Å². The van der Waals surface area contributed by atoms with Crippen molar-refractivity contribution in [2.24, 2.45) is 0 Å². The van der Waals surface area contributed by atoms with Gasteiger partial charge in [0.2, 0.25) is 0 Å². The number of benzene rings is 1. The van der Waals surface area contributed by atoms with E-state index in [0.29, 0.717) is 20.6 Å². The summed E-state index contributed by atoms with van der Waals surface area (Å²) in [6, 6.07) is -0.580. The van der Waals surface area contributed by atoms with Gasteiger partial charge in [-0.1, -0.05) is 0 Å². The van der Waals surface area contributed by atoms with Crippen LogP contribution in [-0.4, -0.2) is 55.3 Å². The Kier molecular flexibility index (Phi) is 6.94. The van der Waals surface area contributed by atoms with Crippen molar-refractivity contribution in [1.29, 1.82) is 0 Å². The molecule has 0 amide bonds. The van der Waals surface area contributed by atoms with E-state index in [1.165, 1.54) is 23.5 Å². The van der Waals surface area contributed by atoms with Crippen LogP contribution in [0.15, 0.2) is 31.3 Å². The summed E-state index contributed by atoms with van der Waals surface area (Å²) in [7, 11) is 0. The Morgan fingerprint density at radius 2 is 1.00 bits per heavy atom. The van der Waals surface area contributed by atoms with Gasteiger partial charge < -0.3 is 10.2 Å². The second-order valence-electron chi connectivity index (χ2n) is 7.18. The first-order chi connectivity index (χ1) is 15.1. The van der Waals surface area contributed by atoms with Crippen molar-refractivity contribution in [3.05, 3.63) is 53.5 Å². The summed E-state index contributed by atoms with van der Waals surface area (Å²) in [5.74, 6) is -1.87. The van der Waals surface area contributed by atoms with Gasteiger partial charge in [0.1, 0.15) is 12.1 Å². The van der Waals surface area contributed by atoms with Gasteiger partial charge in [-0.3, -0.25) is 28.3 Å². The SMILES string of the molecule is CSCCC(C(=O)O)n1c(=O)c2cc3c(=O)n(C(CCSC)C(=O)O)c(=O)c3cc2c1=O. The lowest BCUT2D eigenvalue weighted by Crippen LogP contribution is -2.35. The number of thioether (sulfide) groups is 2. The Morgan fingerprint density at radius 3 is 1.22 bits per heavy atom. The molecule has 2 heterocycles. The number of carboxylic acid groups (broad SMARTS) is 2. The van der Waals surface area contributed by atoms with Crippen molar-refractivity contribution in [2.75, 3.05) is 24.0 Å². The molecule has 2 aromatic heterocycles. The number of aromatic nitrogens is 2. The van der Waals surface area contributed by atoms with Gasteiger partial charge in [-0.05, 0) is 49.0 Å².